The van der Waals surface area contributed by atoms with Crippen LogP contribution in [0.2, 0.25) is 0 Å². The first-order valence-electron chi connectivity index (χ1n) is 7.53. The summed E-state index contributed by atoms with van der Waals surface area (Å²) >= 11 is 4.09. The highest BCUT2D eigenvalue weighted by Gasteiger charge is 2.15. The second kappa shape index (κ2) is 5.41. The van der Waals surface area contributed by atoms with E-state index in [1.807, 2.05) is 12.1 Å². The van der Waals surface area contributed by atoms with Crippen LogP contribution in [0.25, 0.3) is 32.3 Å². The molecule has 1 unspecified atom stereocenters. The van der Waals surface area contributed by atoms with Crippen LogP contribution in [0.1, 0.15) is 0 Å². The van der Waals surface area contributed by atoms with Crippen molar-refractivity contribution >= 4 is 56.5 Å². The fourth-order valence-corrected chi connectivity index (χ4v) is 3.32. The minimum Gasteiger partial charge on any atom is -0.324 e. The number of carbonyl (C=O) groups is 1. The number of amides is 1. The summed E-state index contributed by atoms with van der Waals surface area (Å²) in [6.45, 7) is 0. The van der Waals surface area contributed by atoms with Gasteiger partial charge < -0.3 is 11.1 Å². The fourth-order valence-electron chi connectivity index (χ4n) is 3.15. The van der Waals surface area contributed by atoms with Crippen LogP contribution < -0.4 is 11.1 Å². The average molecular weight is 320 g/mol. The van der Waals surface area contributed by atoms with Gasteiger partial charge in [-0.1, -0.05) is 48.5 Å². The van der Waals surface area contributed by atoms with E-state index in [1.165, 1.54) is 26.9 Å². The number of carbonyl (C=O) groups excluding carboxylic acids is 1. The Hall–Kier alpha value is -2.30. The second-order valence-corrected chi connectivity index (χ2v) is 6.11. The molecule has 0 aromatic heterocycles. The zero-order valence-electron chi connectivity index (χ0n) is 12.4. The predicted octanol–water partition coefficient (Wildman–Crippen LogP) is 3.78. The Morgan fingerprint density at radius 3 is 2.26 bits per heavy atom. The molecule has 4 heteroatoms. The molecule has 4 rings (SSSR count). The molecule has 1 atom stereocenters. The van der Waals surface area contributed by atoms with Gasteiger partial charge in [-0.3, -0.25) is 4.79 Å². The normalized spacial score (nSPS) is 13.0. The summed E-state index contributed by atoms with van der Waals surface area (Å²) < 4.78 is 0. The summed E-state index contributed by atoms with van der Waals surface area (Å²) in [6, 6.07) is 18.1. The van der Waals surface area contributed by atoms with Crippen LogP contribution >= 0.6 is 12.6 Å². The Balaban J connectivity index is 1.98. The Bertz CT molecular complexity index is 1010. The highest BCUT2D eigenvalue weighted by molar-refractivity contribution is 7.80. The molecule has 3 N–H and O–H groups in total. The first kappa shape index (κ1) is 14.3. The third-order valence-corrected chi connectivity index (χ3v) is 4.71. The van der Waals surface area contributed by atoms with Crippen molar-refractivity contribution in [2.75, 3.05) is 11.1 Å². The summed E-state index contributed by atoms with van der Waals surface area (Å²) in [5.41, 5.74) is 6.55. The Morgan fingerprint density at radius 1 is 0.957 bits per heavy atom. The lowest BCUT2D eigenvalue weighted by Crippen LogP contribution is -2.37. The molecule has 0 fully saturated rings. The van der Waals surface area contributed by atoms with E-state index in [-0.39, 0.29) is 5.91 Å². The van der Waals surface area contributed by atoms with Gasteiger partial charge in [0, 0.05) is 16.8 Å². The van der Waals surface area contributed by atoms with E-state index in [4.69, 9.17) is 5.73 Å². The number of benzene rings is 4. The van der Waals surface area contributed by atoms with Crippen LogP contribution in [0.15, 0.2) is 54.6 Å². The van der Waals surface area contributed by atoms with Crippen LogP contribution in [-0.2, 0) is 4.79 Å². The number of anilines is 1. The van der Waals surface area contributed by atoms with Gasteiger partial charge in [0.2, 0.25) is 5.91 Å². The molecule has 4 aromatic rings. The van der Waals surface area contributed by atoms with Gasteiger partial charge in [0.25, 0.3) is 0 Å². The molecule has 0 aliphatic carbocycles. The number of hydrogen-bond donors (Lipinski definition) is 3. The number of nitrogens with one attached hydrogen (secondary N) is 1. The van der Waals surface area contributed by atoms with Crippen molar-refractivity contribution in [2.24, 2.45) is 5.73 Å². The van der Waals surface area contributed by atoms with Gasteiger partial charge in [0.1, 0.15) is 0 Å². The monoisotopic (exact) mass is 320 g/mol. The van der Waals surface area contributed by atoms with Crippen LogP contribution in [0.4, 0.5) is 5.69 Å². The maximum atomic E-state index is 12.1. The molecule has 1 amide bonds. The van der Waals surface area contributed by atoms with Gasteiger partial charge in [-0.25, -0.2) is 0 Å². The van der Waals surface area contributed by atoms with Crippen molar-refractivity contribution in [1.29, 1.82) is 0 Å². The molecular weight excluding hydrogens is 304 g/mol. The summed E-state index contributed by atoms with van der Waals surface area (Å²) in [5.74, 6) is 0.104. The molecule has 0 aliphatic heterocycles. The quantitative estimate of drug-likeness (QED) is 0.397. The zero-order chi connectivity index (χ0) is 16.0. The fraction of sp³-hybridized carbons (Fsp3) is 0.105. The first-order chi connectivity index (χ1) is 11.2. The lowest BCUT2D eigenvalue weighted by molar-refractivity contribution is -0.116. The van der Waals surface area contributed by atoms with E-state index >= 15 is 0 Å². The lowest BCUT2D eigenvalue weighted by Gasteiger charge is -2.15. The molecule has 0 radical (unpaired) electrons. The molecule has 0 saturated heterocycles. The van der Waals surface area contributed by atoms with Crippen molar-refractivity contribution in [1.82, 2.24) is 0 Å². The zero-order valence-corrected chi connectivity index (χ0v) is 13.3. The van der Waals surface area contributed by atoms with E-state index in [0.717, 1.165) is 11.1 Å². The molecule has 0 aliphatic rings. The highest BCUT2D eigenvalue weighted by Crippen LogP contribution is 2.37. The summed E-state index contributed by atoms with van der Waals surface area (Å²) in [6.07, 6.45) is 0. The predicted molar refractivity (Wildman–Crippen MR) is 101 cm³/mol. The third-order valence-electron chi connectivity index (χ3n) is 4.32. The van der Waals surface area contributed by atoms with E-state index in [9.17, 15) is 4.79 Å². The highest BCUT2D eigenvalue weighted by atomic mass is 32.1. The van der Waals surface area contributed by atoms with Crippen LogP contribution in [0, 0.1) is 0 Å². The summed E-state index contributed by atoms with van der Waals surface area (Å²) in [5, 5.41) is 9.96. The first-order valence-corrected chi connectivity index (χ1v) is 8.16. The molecule has 4 aromatic carbocycles. The molecule has 114 valence electrons. The van der Waals surface area contributed by atoms with Crippen LogP contribution in [0.3, 0.4) is 0 Å². The Morgan fingerprint density at radius 2 is 1.57 bits per heavy atom. The lowest BCUT2D eigenvalue weighted by atomic mass is 9.93. The molecule has 0 spiro atoms. The van der Waals surface area contributed by atoms with Gasteiger partial charge >= 0.3 is 0 Å². The standard InChI is InChI=1S/C19H16N2OS/c20-15(10-23)19(22)21-16-9-7-13-5-4-11-2-1-3-12-6-8-14(16)18(13)17(11)12/h1-9,15,23H,10,20H2,(H,21,22). The van der Waals surface area contributed by atoms with E-state index in [2.05, 4.69) is 60.4 Å². The van der Waals surface area contributed by atoms with E-state index in [1.54, 1.807) is 0 Å². The van der Waals surface area contributed by atoms with Crippen molar-refractivity contribution in [3.8, 4) is 0 Å². The number of nitrogens with two attached hydrogens (primary N) is 1. The molecule has 23 heavy (non-hydrogen) atoms. The van der Waals surface area contributed by atoms with Gasteiger partial charge in [-0.05, 0) is 33.0 Å². The van der Waals surface area contributed by atoms with Gasteiger partial charge in [0.15, 0.2) is 0 Å². The topological polar surface area (TPSA) is 55.1 Å². The van der Waals surface area contributed by atoms with Crippen molar-refractivity contribution in [3.05, 3.63) is 54.6 Å². The van der Waals surface area contributed by atoms with Gasteiger partial charge in [-0.15, -0.1) is 0 Å². The van der Waals surface area contributed by atoms with Crippen LogP contribution in [-0.4, -0.2) is 17.7 Å². The molecule has 0 bridgehead atoms. The van der Waals surface area contributed by atoms with Gasteiger partial charge in [0.05, 0.1) is 6.04 Å². The van der Waals surface area contributed by atoms with Gasteiger partial charge in [-0.2, -0.15) is 12.6 Å². The minimum atomic E-state index is -0.614. The summed E-state index contributed by atoms with van der Waals surface area (Å²) in [4.78, 5) is 12.1. The van der Waals surface area contributed by atoms with Crippen molar-refractivity contribution < 1.29 is 4.79 Å². The van der Waals surface area contributed by atoms with E-state index in [0.29, 0.717) is 5.75 Å². The average Bonchev–Trinajstić information content (AvgIpc) is 2.60. The third kappa shape index (κ3) is 2.22. The molecular formula is C19H16N2OS. The largest absolute Gasteiger partial charge is 0.324 e. The molecule has 0 saturated carbocycles. The second-order valence-electron chi connectivity index (χ2n) is 5.75. The van der Waals surface area contributed by atoms with Crippen LogP contribution in [0.5, 0.6) is 0 Å². The van der Waals surface area contributed by atoms with E-state index < -0.39 is 6.04 Å². The molecule has 3 nitrogen and oxygen atoms in total. The molecule has 0 heterocycles. The number of hydrogen-bond acceptors (Lipinski definition) is 3. The maximum Gasteiger partial charge on any atom is 0.242 e. The summed E-state index contributed by atoms with van der Waals surface area (Å²) in [7, 11) is 0. The maximum absolute atomic E-state index is 12.1. The van der Waals surface area contributed by atoms with Crippen molar-refractivity contribution in [3.63, 3.8) is 0 Å². The SMILES string of the molecule is NC(CS)C(=O)Nc1ccc2ccc3cccc4ccc1c2c34. The number of thiol groups is 1. The Kier molecular flexibility index (Phi) is 3.36. The number of rotatable bonds is 3. The van der Waals surface area contributed by atoms with Crippen molar-refractivity contribution in [2.45, 2.75) is 6.04 Å². The Labute approximate surface area is 139 Å². The minimum absolute atomic E-state index is 0.213. The smallest absolute Gasteiger partial charge is 0.242 e.